The van der Waals surface area contributed by atoms with Gasteiger partial charge in [0.25, 0.3) is 0 Å². The predicted molar refractivity (Wildman–Crippen MR) is 79.7 cm³/mol. The molecule has 0 aliphatic heterocycles. The third-order valence-corrected chi connectivity index (χ3v) is 2.80. The molecule has 2 aromatic rings. The second-order valence-corrected chi connectivity index (χ2v) is 4.24. The van der Waals surface area contributed by atoms with Gasteiger partial charge in [-0.15, -0.1) is 0 Å². The topological polar surface area (TPSA) is 76.4 Å². The number of amides is 2. The van der Waals surface area contributed by atoms with Gasteiger partial charge in [-0.1, -0.05) is 18.2 Å². The molecule has 0 atom stereocenters. The van der Waals surface area contributed by atoms with Crippen LogP contribution in [0.5, 0.6) is 5.75 Å². The van der Waals surface area contributed by atoms with Crippen LogP contribution < -0.4 is 21.1 Å². The van der Waals surface area contributed by atoms with Crippen molar-refractivity contribution in [1.29, 1.82) is 0 Å². The number of benzene rings is 2. The van der Waals surface area contributed by atoms with Crippen LogP contribution in [0.15, 0.2) is 48.5 Å². The molecule has 2 amide bonds. The first kappa shape index (κ1) is 13.7. The molecule has 0 aromatic heterocycles. The smallest absolute Gasteiger partial charge is 0.319 e. The molecule has 0 saturated heterocycles. The Morgan fingerprint density at radius 3 is 2.55 bits per heavy atom. The number of carbonyl (C=O) groups is 1. The number of hydrogen-bond acceptors (Lipinski definition) is 3. The zero-order chi connectivity index (χ0) is 14.4. The minimum Gasteiger partial charge on any atom is -0.496 e. The molecule has 5 heteroatoms. The van der Waals surface area contributed by atoms with Gasteiger partial charge in [-0.25, -0.2) is 4.79 Å². The van der Waals surface area contributed by atoms with Crippen molar-refractivity contribution in [3.63, 3.8) is 0 Å². The van der Waals surface area contributed by atoms with Gasteiger partial charge in [0, 0.05) is 23.5 Å². The zero-order valence-electron chi connectivity index (χ0n) is 11.2. The minimum absolute atomic E-state index is 0.277. The Balaban J connectivity index is 1.90. The van der Waals surface area contributed by atoms with Crippen LogP contribution in [0.4, 0.5) is 16.2 Å². The summed E-state index contributed by atoms with van der Waals surface area (Å²) in [6.07, 6.45) is 0. The van der Waals surface area contributed by atoms with Crippen molar-refractivity contribution in [2.75, 3.05) is 18.2 Å². The van der Waals surface area contributed by atoms with E-state index in [1.807, 2.05) is 24.3 Å². The lowest BCUT2D eigenvalue weighted by molar-refractivity contribution is 0.251. The van der Waals surface area contributed by atoms with Crippen LogP contribution in [0, 0.1) is 0 Å². The molecule has 104 valence electrons. The van der Waals surface area contributed by atoms with Crippen molar-refractivity contribution in [2.45, 2.75) is 6.54 Å². The average molecular weight is 271 g/mol. The highest BCUT2D eigenvalue weighted by molar-refractivity contribution is 5.89. The lowest BCUT2D eigenvalue weighted by Gasteiger charge is -2.10. The fraction of sp³-hybridized carbons (Fsp3) is 0.133. The number of methoxy groups -OCH3 is 1. The maximum absolute atomic E-state index is 11.8. The molecule has 20 heavy (non-hydrogen) atoms. The Labute approximate surface area is 117 Å². The summed E-state index contributed by atoms with van der Waals surface area (Å²) >= 11 is 0. The second-order valence-electron chi connectivity index (χ2n) is 4.24. The van der Waals surface area contributed by atoms with E-state index in [-0.39, 0.29) is 6.03 Å². The number of nitrogen functional groups attached to an aromatic ring is 1. The number of urea groups is 1. The van der Waals surface area contributed by atoms with E-state index < -0.39 is 0 Å². The van der Waals surface area contributed by atoms with Gasteiger partial charge in [0.15, 0.2) is 0 Å². The maximum atomic E-state index is 11.8. The summed E-state index contributed by atoms with van der Waals surface area (Å²) in [5.74, 6) is 0.750. The molecule has 2 aromatic carbocycles. The van der Waals surface area contributed by atoms with E-state index in [9.17, 15) is 4.79 Å². The van der Waals surface area contributed by atoms with Crippen LogP contribution in [0.25, 0.3) is 0 Å². The molecule has 0 heterocycles. The summed E-state index contributed by atoms with van der Waals surface area (Å²) in [7, 11) is 1.60. The number of nitrogens with one attached hydrogen (secondary N) is 2. The molecule has 2 rings (SSSR count). The third-order valence-electron chi connectivity index (χ3n) is 2.80. The highest BCUT2D eigenvalue weighted by Gasteiger charge is 2.05. The minimum atomic E-state index is -0.277. The van der Waals surface area contributed by atoms with Gasteiger partial charge in [-0.05, 0) is 30.3 Å². The van der Waals surface area contributed by atoms with Gasteiger partial charge in [-0.3, -0.25) is 0 Å². The van der Waals surface area contributed by atoms with E-state index in [0.29, 0.717) is 17.9 Å². The van der Waals surface area contributed by atoms with E-state index in [1.54, 1.807) is 31.4 Å². The predicted octanol–water partition coefficient (Wildman–Crippen LogP) is 2.60. The Hall–Kier alpha value is -2.69. The summed E-state index contributed by atoms with van der Waals surface area (Å²) < 4.78 is 5.22. The summed E-state index contributed by atoms with van der Waals surface area (Å²) in [5, 5.41) is 5.51. The highest BCUT2D eigenvalue weighted by atomic mass is 16.5. The Morgan fingerprint density at radius 1 is 1.15 bits per heavy atom. The first-order chi connectivity index (χ1) is 9.69. The van der Waals surface area contributed by atoms with E-state index in [2.05, 4.69) is 10.6 Å². The monoisotopic (exact) mass is 271 g/mol. The molecule has 0 radical (unpaired) electrons. The average Bonchev–Trinajstić information content (AvgIpc) is 2.48. The van der Waals surface area contributed by atoms with Gasteiger partial charge in [0.1, 0.15) is 5.75 Å². The molecule has 0 unspecified atom stereocenters. The fourth-order valence-corrected chi connectivity index (χ4v) is 1.77. The molecular formula is C15H17N3O2. The van der Waals surface area contributed by atoms with Crippen molar-refractivity contribution < 1.29 is 9.53 Å². The molecular weight excluding hydrogens is 254 g/mol. The molecule has 0 aliphatic rings. The standard InChI is InChI=1S/C15H17N3O2/c1-20-14-5-3-2-4-11(14)10-17-15(19)18-13-8-6-12(16)7-9-13/h2-9H,10,16H2,1H3,(H2,17,18,19). The lowest BCUT2D eigenvalue weighted by Crippen LogP contribution is -2.28. The van der Waals surface area contributed by atoms with Crippen molar-refractivity contribution in [1.82, 2.24) is 5.32 Å². The van der Waals surface area contributed by atoms with Crippen LogP contribution in [-0.2, 0) is 6.54 Å². The van der Waals surface area contributed by atoms with Gasteiger partial charge in [0.05, 0.1) is 7.11 Å². The van der Waals surface area contributed by atoms with Crippen molar-refractivity contribution in [3.8, 4) is 5.75 Å². The first-order valence-electron chi connectivity index (χ1n) is 6.21. The van der Waals surface area contributed by atoms with Crippen LogP contribution in [-0.4, -0.2) is 13.1 Å². The van der Waals surface area contributed by atoms with Gasteiger partial charge in [0.2, 0.25) is 0 Å². The SMILES string of the molecule is COc1ccccc1CNC(=O)Nc1ccc(N)cc1. The largest absolute Gasteiger partial charge is 0.496 e. The number of anilines is 2. The van der Waals surface area contributed by atoms with E-state index in [0.717, 1.165) is 11.3 Å². The van der Waals surface area contributed by atoms with Gasteiger partial charge >= 0.3 is 6.03 Å². The molecule has 0 fully saturated rings. The summed E-state index contributed by atoms with van der Waals surface area (Å²) in [4.78, 5) is 11.8. The highest BCUT2D eigenvalue weighted by Crippen LogP contribution is 2.16. The van der Waals surface area contributed by atoms with Crippen molar-refractivity contribution in [2.24, 2.45) is 0 Å². The van der Waals surface area contributed by atoms with E-state index >= 15 is 0 Å². The second kappa shape index (κ2) is 6.47. The number of para-hydroxylation sites is 1. The molecule has 4 N–H and O–H groups in total. The van der Waals surface area contributed by atoms with Crippen LogP contribution in [0.2, 0.25) is 0 Å². The van der Waals surface area contributed by atoms with Crippen molar-refractivity contribution >= 4 is 17.4 Å². The van der Waals surface area contributed by atoms with E-state index in [1.165, 1.54) is 0 Å². The normalized spacial score (nSPS) is 9.85. The Morgan fingerprint density at radius 2 is 1.85 bits per heavy atom. The molecule has 0 saturated carbocycles. The maximum Gasteiger partial charge on any atom is 0.319 e. The zero-order valence-corrected chi connectivity index (χ0v) is 11.2. The van der Waals surface area contributed by atoms with Crippen molar-refractivity contribution in [3.05, 3.63) is 54.1 Å². The summed E-state index contributed by atoms with van der Waals surface area (Å²) in [5.41, 5.74) is 7.85. The van der Waals surface area contributed by atoms with Crippen LogP contribution >= 0.6 is 0 Å². The van der Waals surface area contributed by atoms with Gasteiger partial charge in [-0.2, -0.15) is 0 Å². The number of hydrogen-bond donors (Lipinski definition) is 3. The Kier molecular flexibility index (Phi) is 4.44. The first-order valence-corrected chi connectivity index (χ1v) is 6.21. The fourth-order valence-electron chi connectivity index (χ4n) is 1.77. The molecule has 0 bridgehead atoms. The molecule has 0 spiro atoms. The molecule has 5 nitrogen and oxygen atoms in total. The quantitative estimate of drug-likeness (QED) is 0.748. The summed E-state index contributed by atoms with van der Waals surface area (Å²) in [6.45, 7) is 0.394. The van der Waals surface area contributed by atoms with Crippen LogP contribution in [0.1, 0.15) is 5.56 Å². The van der Waals surface area contributed by atoms with Gasteiger partial charge < -0.3 is 21.1 Å². The number of nitrogens with two attached hydrogens (primary N) is 1. The van der Waals surface area contributed by atoms with E-state index in [4.69, 9.17) is 10.5 Å². The Bertz CT molecular complexity index is 582. The third kappa shape index (κ3) is 3.65. The lowest BCUT2D eigenvalue weighted by atomic mass is 10.2. The number of carbonyl (C=O) groups excluding carboxylic acids is 1. The number of rotatable bonds is 4. The van der Waals surface area contributed by atoms with Crippen LogP contribution in [0.3, 0.4) is 0 Å². The molecule has 0 aliphatic carbocycles. The number of ether oxygens (including phenoxy) is 1. The summed E-state index contributed by atoms with van der Waals surface area (Å²) in [6, 6.07) is 14.2.